The molecule has 124 valence electrons. The van der Waals surface area contributed by atoms with Crippen LogP contribution in [0.15, 0.2) is 23.3 Å². The Bertz CT molecular complexity index is 281. The van der Waals surface area contributed by atoms with E-state index in [1.54, 1.807) is 0 Å². The zero-order valence-electron chi connectivity index (χ0n) is 15.1. The normalized spacial score (nSPS) is 11.3. The van der Waals surface area contributed by atoms with E-state index in [2.05, 4.69) is 53.7 Å². The first-order valence-electron chi connectivity index (χ1n) is 8.50. The fraction of sp³-hybridized carbons (Fsp3) is 0.778. The third kappa shape index (κ3) is 11.4. The summed E-state index contributed by atoms with van der Waals surface area (Å²) in [6.07, 6.45) is 9.29. The molecule has 0 spiro atoms. The molecular weight excluding hydrogens is 367 g/mol. The van der Waals surface area contributed by atoms with Crippen LogP contribution in [0.4, 0.5) is 0 Å². The molecule has 0 saturated carbocycles. The van der Waals surface area contributed by atoms with Crippen molar-refractivity contribution in [2.24, 2.45) is 0 Å². The molecule has 21 heavy (non-hydrogen) atoms. The predicted octanol–water partition coefficient (Wildman–Crippen LogP) is 5.99. The van der Waals surface area contributed by atoms with E-state index in [4.69, 9.17) is 6.15 Å². The first-order chi connectivity index (χ1) is 9.95. The fourth-order valence-electron chi connectivity index (χ4n) is 1.88. The van der Waals surface area contributed by atoms with Crippen LogP contribution in [0, 0.1) is 0 Å². The Hall–Kier alpha value is 0.199. The molecule has 0 bridgehead atoms. The van der Waals surface area contributed by atoms with Crippen molar-refractivity contribution in [2.75, 3.05) is 13.2 Å². The van der Waals surface area contributed by atoms with Crippen molar-refractivity contribution in [3.05, 3.63) is 23.3 Å². The monoisotopic (exact) mass is 404 g/mol. The van der Waals surface area contributed by atoms with E-state index in [9.17, 15) is 0 Å². The summed E-state index contributed by atoms with van der Waals surface area (Å²) in [5.41, 5.74) is 2.73. The maximum absolute atomic E-state index is 6.42. The molecule has 0 atom stereocenters. The second kappa shape index (κ2) is 12.7. The van der Waals surface area contributed by atoms with E-state index in [1.807, 2.05) is 0 Å². The summed E-state index contributed by atoms with van der Waals surface area (Å²) in [4.78, 5) is 0. The summed E-state index contributed by atoms with van der Waals surface area (Å²) < 4.78 is 14.9. The van der Waals surface area contributed by atoms with Crippen LogP contribution < -0.4 is 0 Å². The van der Waals surface area contributed by atoms with Crippen LogP contribution in [0.5, 0.6) is 0 Å². The Balaban J connectivity index is 4.95. The van der Waals surface area contributed by atoms with Gasteiger partial charge in [-0.2, -0.15) is 0 Å². The van der Waals surface area contributed by atoms with E-state index >= 15 is 0 Å². The molecule has 0 heterocycles. The molecule has 3 heteroatoms. The standard InChI is InChI=1S/2C5H9.2C4H9O.Sn/c2*1-4-5(2)3;2*1-2-3-4-5;/h2*4H,1H2,2-3H3;2*2-4H2,1H3;/q;;2*-1;+2. The van der Waals surface area contributed by atoms with Crippen molar-refractivity contribution in [2.45, 2.75) is 76.1 Å². The Labute approximate surface area is 138 Å². The molecule has 0 N–H and O–H groups in total. The second-order valence-electron chi connectivity index (χ2n) is 6.29. The van der Waals surface area contributed by atoms with Gasteiger partial charge in [0.15, 0.2) is 0 Å². The molecule has 0 aliphatic carbocycles. The number of allylic oxidation sites excluding steroid dienone is 4. The zero-order valence-corrected chi connectivity index (χ0v) is 18.0. The van der Waals surface area contributed by atoms with Crippen LogP contribution in [0.2, 0.25) is 8.87 Å². The van der Waals surface area contributed by atoms with Crippen molar-refractivity contribution >= 4 is 19.2 Å². The van der Waals surface area contributed by atoms with Crippen molar-refractivity contribution in [1.29, 1.82) is 0 Å². The molecule has 0 aliphatic heterocycles. The van der Waals surface area contributed by atoms with Crippen LogP contribution in [-0.2, 0) is 6.15 Å². The van der Waals surface area contributed by atoms with Crippen LogP contribution >= 0.6 is 0 Å². The topological polar surface area (TPSA) is 18.5 Å². The van der Waals surface area contributed by atoms with Gasteiger partial charge in [0.05, 0.1) is 0 Å². The van der Waals surface area contributed by atoms with Gasteiger partial charge in [0.2, 0.25) is 0 Å². The van der Waals surface area contributed by atoms with E-state index in [1.165, 1.54) is 24.0 Å². The molecule has 0 aliphatic rings. The van der Waals surface area contributed by atoms with E-state index in [0.29, 0.717) is 0 Å². The number of rotatable bonds is 12. The quantitative estimate of drug-likeness (QED) is 0.226. The van der Waals surface area contributed by atoms with Crippen molar-refractivity contribution in [1.82, 2.24) is 0 Å². The number of unbranched alkanes of at least 4 members (excludes halogenated alkanes) is 2. The summed E-state index contributed by atoms with van der Waals surface area (Å²) in [5.74, 6) is 0. The van der Waals surface area contributed by atoms with Gasteiger partial charge in [-0.05, 0) is 0 Å². The molecule has 2 nitrogen and oxygen atoms in total. The van der Waals surface area contributed by atoms with Gasteiger partial charge < -0.3 is 0 Å². The first-order valence-corrected chi connectivity index (χ1v) is 14.9. The van der Waals surface area contributed by atoms with Gasteiger partial charge in [-0.3, -0.25) is 0 Å². The van der Waals surface area contributed by atoms with Gasteiger partial charge >= 0.3 is 138 Å². The van der Waals surface area contributed by atoms with Gasteiger partial charge in [-0.15, -0.1) is 0 Å². The van der Waals surface area contributed by atoms with Crippen LogP contribution in [-0.4, -0.2) is 32.4 Å². The van der Waals surface area contributed by atoms with Crippen molar-refractivity contribution in [3.8, 4) is 0 Å². The van der Waals surface area contributed by atoms with Gasteiger partial charge in [0.1, 0.15) is 0 Å². The molecule has 0 amide bonds. The van der Waals surface area contributed by atoms with Crippen molar-refractivity contribution < 1.29 is 6.15 Å². The summed E-state index contributed by atoms with van der Waals surface area (Å²) in [6.45, 7) is 14.8. The number of hydrogen-bond donors (Lipinski definition) is 0. The van der Waals surface area contributed by atoms with E-state index < -0.39 is 19.2 Å². The van der Waals surface area contributed by atoms with E-state index in [0.717, 1.165) is 34.9 Å². The molecule has 0 aromatic carbocycles. The SMILES string of the molecule is CCCC[O][Sn]([CH2]C=C(C)C)([CH2]C=C(C)C)[O]CCCC. The van der Waals surface area contributed by atoms with Crippen LogP contribution in [0.1, 0.15) is 67.2 Å². The van der Waals surface area contributed by atoms with Gasteiger partial charge in [-0.25, -0.2) is 0 Å². The predicted molar refractivity (Wildman–Crippen MR) is 96.0 cm³/mol. The Kier molecular flexibility index (Phi) is 12.8. The average Bonchev–Trinajstić information content (AvgIpc) is 2.43. The third-order valence-corrected chi connectivity index (χ3v) is 12.3. The minimum atomic E-state index is -3.00. The molecule has 0 aromatic rings. The summed E-state index contributed by atoms with van der Waals surface area (Å²) in [6, 6.07) is 0. The first kappa shape index (κ1) is 21.2. The van der Waals surface area contributed by atoms with Gasteiger partial charge in [0, 0.05) is 0 Å². The zero-order chi connectivity index (χ0) is 16.1. The average molecular weight is 403 g/mol. The fourth-order valence-corrected chi connectivity index (χ4v) is 11.0. The molecule has 0 fully saturated rings. The molecule has 0 rings (SSSR count). The Morgan fingerprint density at radius 1 is 0.762 bits per heavy atom. The molecule has 0 aromatic heterocycles. The minimum absolute atomic E-state index is 0.867. The van der Waals surface area contributed by atoms with E-state index in [-0.39, 0.29) is 0 Å². The molecular formula is C18H36O2Sn. The number of hydrogen-bond acceptors (Lipinski definition) is 2. The molecule has 0 saturated heterocycles. The summed E-state index contributed by atoms with van der Waals surface area (Å²) in [5, 5.41) is 0. The van der Waals surface area contributed by atoms with Crippen LogP contribution in [0.25, 0.3) is 0 Å². The summed E-state index contributed by atoms with van der Waals surface area (Å²) >= 11 is -3.00. The third-order valence-electron chi connectivity index (χ3n) is 3.37. The molecule has 0 radical (unpaired) electrons. The molecule has 0 unspecified atom stereocenters. The Morgan fingerprint density at radius 2 is 1.14 bits per heavy atom. The Morgan fingerprint density at radius 3 is 1.43 bits per heavy atom. The second-order valence-corrected chi connectivity index (χ2v) is 15.5. The van der Waals surface area contributed by atoms with Gasteiger partial charge in [0.25, 0.3) is 0 Å². The summed E-state index contributed by atoms with van der Waals surface area (Å²) in [7, 11) is 0. The van der Waals surface area contributed by atoms with Crippen LogP contribution in [0.3, 0.4) is 0 Å². The van der Waals surface area contributed by atoms with Crippen molar-refractivity contribution in [3.63, 3.8) is 0 Å². The van der Waals surface area contributed by atoms with Gasteiger partial charge in [-0.1, -0.05) is 0 Å². The maximum atomic E-state index is 6.42.